The van der Waals surface area contributed by atoms with E-state index < -0.39 is 18.4 Å². The van der Waals surface area contributed by atoms with Gasteiger partial charge in [-0.15, -0.1) is 0 Å². The highest BCUT2D eigenvalue weighted by Crippen LogP contribution is 2.27. The molecule has 1 fully saturated rings. The molecule has 29 heavy (non-hydrogen) atoms. The van der Waals surface area contributed by atoms with E-state index in [-0.39, 0.29) is 12.5 Å². The van der Waals surface area contributed by atoms with Gasteiger partial charge in [-0.05, 0) is 55.1 Å². The van der Waals surface area contributed by atoms with E-state index in [1.165, 1.54) is 29.8 Å². The molecule has 8 heteroatoms. The van der Waals surface area contributed by atoms with Gasteiger partial charge in [-0.3, -0.25) is 10.2 Å². The van der Waals surface area contributed by atoms with Crippen LogP contribution in [0.2, 0.25) is 5.02 Å². The van der Waals surface area contributed by atoms with Crippen molar-refractivity contribution in [2.24, 2.45) is 5.92 Å². The molecule has 2 aromatic carbocycles. The number of ether oxygens (including phenoxy) is 1. The third-order valence-corrected chi connectivity index (χ3v) is 5.12. The fourth-order valence-corrected chi connectivity index (χ4v) is 3.57. The van der Waals surface area contributed by atoms with Crippen LogP contribution in [0.3, 0.4) is 0 Å². The number of amides is 1. The summed E-state index contributed by atoms with van der Waals surface area (Å²) in [4.78, 5) is 13.7. The van der Waals surface area contributed by atoms with Crippen molar-refractivity contribution in [3.63, 3.8) is 0 Å². The average Bonchev–Trinajstić information content (AvgIpc) is 3.10. The number of nitrogens with one attached hydrogen (secondary N) is 1. The van der Waals surface area contributed by atoms with Gasteiger partial charge in [0.25, 0.3) is 0 Å². The first-order valence-electron chi connectivity index (χ1n) is 9.36. The topological polar surface area (TPSA) is 41.6 Å². The van der Waals surface area contributed by atoms with Crippen LogP contribution in [0, 0.1) is 5.92 Å². The summed E-state index contributed by atoms with van der Waals surface area (Å²) in [5, 5.41) is 2.75. The van der Waals surface area contributed by atoms with Crippen LogP contribution < -0.4 is 5.32 Å². The van der Waals surface area contributed by atoms with Crippen molar-refractivity contribution < 1.29 is 22.7 Å². The van der Waals surface area contributed by atoms with Crippen molar-refractivity contribution in [3.8, 4) is 0 Å². The van der Waals surface area contributed by atoms with Crippen LogP contribution >= 0.6 is 11.6 Å². The molecule has 2 atom stereocenters. The van der Waals surface area contributed by atoms with E-state index in [1.54, 1.807) is 4.90 Å². The Morgan fingerprint density at radius 3 is 2.52 bits per heavy atom. The van der Waals surface area contributed by atoms with Crippen LogP contribution in [0.1, 0.15) is 12.0 Å². The standard InChI is InChI=1S/C21H22ClF3N2O2/c22-17-6-8-18(9-7-17)26-20(28)29-19(21(23,24)25)14-27-11-10-16(13-27)12-15-4-2-1-3-5-15/h1-9,16,19H,10-14H2,(H,26,28)/t16-,19?/m1/s1. The van der Waals surface area contributed by atoms with Crippen molar-refractivity contribution in [3.05, 3.63) is 65.2 Å². The Bertz CT molecular complexity index is 800. The van der Waals surface area contributed by atoms with E-state index in [9.17, 15) is 18.0 Å². The van der Waals surface area contributed by atoms with Gasteiger partial charge in [0.2, 0.25) is 6.10 Å². The van der Waals surface area contributed by atoms with Gasteiger partial charge in [0.05, 0.1) is 0 Å². The second kappa shape index (κ2) is 9.50. The summed E-state index contributed by atoms with van der Waals surface area (Å²) in [5.41, 5.74) is 1.48. The lowest BCUT2D eigenvalue weighted by Crippen LogP contribution is -2.44. The van der Waals surface area contributed by atoms with Gasteiger partial charge in [-0.1, -0.05) is 41.9 Å². The molecule has 1 heterocycles. The second-order valence-corrected chi connectivity index (χ2v) is 7.61. The smallest absolute Gasteiger partial charge is 0.426 e. The number of alkyl halides is 3. The van der Waals surface area contributed by atoms with Crippen LogP contribution in [0.15, 0.2) is 54.6 Å². The summed E-state index contributed by atoms with van der Waals surface area (Å²) >= 11 is 5.75. The van der Waals surface area contributed by atoms with Gasteiger partial charge in [0, 0.05) is 23.8 Å². The maximum Gasteiger partial charge on any atom is 0.426 e. The molecule has 0 aliphatic carbocycles. The predicted molar refractivity (Wildman–Crippen MR) is 106 cm³/mol. The number of likely N-dealkylation sites (tertiary alicyclic amines) is 1. The molecule has 1 unspecified atom stereocenters. The first-order chi connectivity index (χ1) is 13.8. The number of halogens is 4. The summed E-state index contributed by atoms with van der Waals surface area (Å²) < 4.78 is 45.0. The van der Waals surface area contributed by atoms with Crippen LogP contribution in [-0.4, -0.2) is 42.9 Å². The van der Waals surface area contributed by atoms with Crippen molar-refractivity contribution in [2.45, 2.75) is 25.1 Å². The van der Waals surface area contributed by atoms with Crippen molar-refractivity contribution >= 4 is 23.4 Å². The van der Waals surface area contributed by atoms with Crippen molar-refractivity contribution in [1.82, 2.24) is 4.90 Å². The number of anilines is 1. The van der Waals surface area contributed by atoms with Crippen molar-refractivity contribution in [1.29, 1.82) is 0 Å². The van der Waals surface area contributed by atoms with E-state index >= 15 is 0 Å². The van der Waals surface area contributed by atoms with E-state index in [0.717, 1.165) is 12.8 Å². The average molecular weight is 427 g/mol. The summed E-state index contributed by atoms with van der Waals surface area (Å²) in [6.07, 6.45) is -6.34. The van der Waals surface area contributed by atoms with E-state index in [2.05, 4.69) is 5.32 Å². The zero-order valence-electron chi connectivity index (χ0n) is 15.7. The number of hydrogen-bond donors (Lipinski definition) is 1. The Morgan fingerprint density at radius 2 is 1.86 bits per heavy atom. The lowest BCUT2D eigenvalue weighted by molar-refractivity contribution is -0.206. The molecule has 0 spiro atoms. The van der Waals surface area contributed by atoms with Crippen LogP contribution in [0.25, 0.3) is 0 Å². The molecule has 0 bridgehead atoms. The highest BCUT2D eigenvalue weighted by molar-refractivity contribution is 6.30. The highest BCUT2D eigenvalue weighted by Gasteiger charge is 2.44. The normalized spacial score (nSPS) is 18.4. The maximum atomic E-state index is 13.4. The van der Waals surface area contributed by atoms with Gasteiger partial charge in [0.1, 0.15) is 0 Å². The molecule has 3 rings (SSSR count). The number of rotatable bonds is 6. The fraction of sp³-hybridized carbons (Fsp3) is 0.381. The molecular formula is C21H22ClF3N2O2. The van der Waals surface area contributed by atoms with E-state index in [4.69, 9.17) is 16.3 Å². The minimum Gasteiger partial charge on any atom is -0.435 e. The van der Waals surface area contributed by atoms with Gasteiger partial charge in [0.15, 0.2) is 0 Å². The number of carbonyl (C=O) groups is 1. The van der Waals surface area contributed by atoms with Gasteiger partial charge >= 0.3 is 12.3 Å². The Morgan fingerprint density at radius 1 is 1.17 bits per heavy atom. The number of benzene rings is 2. The first-order valence-corrected chi connectivity index (χ1v) is 9.73. The second-order valence-electron chi connectivity index (χ2n) is 7.17. The molecule has 4 nitrogen and oxygen atoms in total. The van der Waals surface area contributed by atoms with Gasteiger partial charge in [-0.2, -0.15) is 13.2 Å². The molecular weight excluding hydrogens is 405 g/mol. The predicted octanol–water partition coefficient (Wildman–Crippen LogP) is 5.38. The van der Waals surface area contributed by atoms with Gasteiger partial charge < -0.3 is 4.74 Å². The number of nitrogens with zero attached hydrogens (tertiary/aromatic N) is 1. The summed E-state index contributed by atoms with van der Waals surface area (Å²) in [5.74, 6) is 0.286. The lowest BCUT2D eigenvalue weighted by Gasteiger charge is -2.25. The third-order valence-electron chi connectivity index (χ3n) is 4.87. The Kier molecular flexibility index (Phi) is 7.03. The minimum atomic E-state index is -4.64. The maximum absolute atomic E-state index is 13.4. The van der Waals surface area contributed by atoms with Gasteiger partial charge in [-0.25, -0.2) is 4.79 Å². The van der Waals surface area contributed by atoms with Crippen molar-refractivity contribution in [2.75, 3.05) is 25.0 Å². The Balaban J connectivity index is 1.54. The molecule has 1 amide bonds. The first kappa shape index (κ1) is 21.5. The van der Waals surface area contributed by atoms with Crippen LogP contribution in [0.4, 0.5) is 23.7 Å². The molecule has 1 N–H and O–H groups in total. The Hall–Kier alpha value is -2.25. The Labute approximate surface area is 172 Å². The molecule has 2 aromatic rings. The number of carbonyl (C=O) groups excluding carboxylic acids is 1. The van der Waals surface area contributed by atoms with E-state index in [1.807, 2.05) is 30.3 Å². The molecule has 1 aliphatic heterocycles. The van der Waals surface area contributed by atoms with Crippen LogP contribution in [-0.2, 0) is 11.2 Å². The fourth-order valence-electron chi connectivity index (χ4n) is 3.44. The minimum absolute atomic E-state index is 0.286. The third kappa shape index (κ3) is 6.65. The van der Waals surface area contributed by atoms with Crippen LogP contribution in [0.5, 0.6) is 0 Å². The quantitative estimate of drug-likeness (QED) is 0.673. The largest absolute Gasteiger partial charge is 0.435 e. The summed E-state index contributed by atoms with van der Waals surface area (Å²) in [6.45, 7) is 0.721. The monoisotopic (exact) mass is 426 g/mol. The molecule has 0 saturated carbocycles. The molecule has 0 aromatic heterocycles. The molecule has 0 radical (unpaired) electrons. The SMILES string of the molecule is O=C(Nc1ccc(Cl)cc1)OC(CN1CC[C@H](Cc2ccccc2)C1)C(F)(F)F. The lowest BCUT2D eigenvalue weighted by atomic mass is 9.99. The summed E-state index contributed by atoms with van der Waals surface area (Å²) in [6, 6.07) is 15.9. The zero-order valence-corrected chi connectivity index (χ0v) is 16.4. The number of hydrogen-bond acceptors (Lipinski definition) is 3. The zero-order chi connectivity index (χ0) is 20.9. The van der Waals surface area contributed by atoms with E-state index in [0.29, 0.717) is 23.8 Å². The highest BCUT2D eigenvalue weighted by atomic mass is 35.5. The molecule has 1 aliphatic rings. The summed E-state index contributed by atoms with van der Waals surface area (Å²) in [7, 11) is 0. The molecule has 1 saturated heterocycles. The molecule has 156 valence electrons.